The van der Waals surface area contributed by atoms with Crippen molar-refractivity contribution in [3.63, 3.8) is 0 Å². The number of anilines is 1. The van der Waals surface area contributed by atoms with E-state index in [0.717, 1.165) is 22.4 Å². The zero-order chi connectivity index (χ0) is 19.8. The minimum Gasteiger partial charge on any atom is -0.496 e. The van der Waals surface area contributed by atoms with Crippen molar-refractivity contribution in [1.29, 1.82) is 0 Å². The Kier molecular flexibility index (Phi) is 7.11. The van der Waals surface area contributed by atoms with E-state index in [-0.39, 0.29) is 6.42 Å². The SMILES string of the molecule is COc1cc(C)c(C=NNC(=O)CC(=O)Nc2ccccc2)cc1C(C)C. The van der Waals surface area contributed by atoms with Crippen LogP contribution < -0.4 is 15.5 Å². The molecule has 2 amide bonds. The van der Waals surface area contributed by atoms with Gasteiger partial charge in [0.05, 0.1) is 13.3 Å². The molecule has 0 aromatic heterocycles. The predicted octanol–water partition coefficient (Wildman–Crippen LogP) is 3.61. The first-order valence-corrected chi connectivity index (χ1v) is 8.76. The maximum absolute atomic E-state index is 11.9. The van der Waals surface area contributed by atoms with Gasteiger partial charge in [-0.2, -0.15) is 5.10 Å². The molecule has 6 nitrogen and oxygen atoms in total. The van der Waals surface area contributed by atoms with Gasteiger partial charge in [0.2, 0.25) is 11.8 Å². The van der Waals surface area contributed by atoms with Crippen LogP contribution in [0.4, 0.5) is 5.69 Å². The number of carbonyl (C=O) groups is 2. The van der Waals surface area contributed by atoms with E-state index >= 15 is 0 Å². The van der Waals surface area contributed by atoms with E-state index in [0.29, 0.717) is 11.6 Å². The van der Waals surface area contributed by atoms with Crippen LogP contribution in [0.3, 0.4) is 0 Å². The molecule has 0 spiro atoms. The molecule has 0 atom stereocenters. The lowest BCUT2D eigenvalue weighted by atomic mass is 9.97. The van der Waals surface area contributed by atoms with Gasteiger partial charge in [0, 0.05) is 5.69 Å². The van der Waals surface area contributed by atoms with Crippen LogP contribution in [0.1, 0.15) is 42.9 Å². The minimum atomic E-state index is -0.477. The number of nitrogens with zero attached hydrogens (tertiary/aromatic N) is 1. The quantitative estimate of drug-likeness (QED) is 0.446. The molecule has 0 aliphatic carbocycles. The Morgan fingerprint density at radius 2 is 1.85 bits per heavy atom. The highest BCUT2D eigenvalue weighted by atomic mass is 16.5. The van der Waals surface area contributed by atoms with Crippen molar-refractivity contribution in [2.24, 2.45) is 5.10 Å². The Morgan fingerprint density at radius 1 is 1.15 bits per heavy atom. The molecule has 0 fully saturated rings. The van der Waals surface area contributed by atoms with Crippen LogP contribution >= 0.6 is 0 Å². The summed E-state index contributed by atoms with van der Waals surface area (Å²) in [6, 6.07) is 12.9. The smallest absolute Gasteiger partial charge is 0.249 e. The minimum absolute atomic E-state index is 0.295. The van der Waals surface area contributed by atoms with Crippen LogP contribution in [-0.4, -0.2) is 25.1 Å². The van der Waals surface area contributed by atoms with Crippen molar-refractivity contribution in [3.05, 3.63) is 59.2 Å². The number of nitrogens with one attached hydrogen (secondary N) is 2. The first-order chi connectivity index (χ1) is 12.9. The van der Waals surface area contributed by atoms with E-state index < -0.39 is 11.8 Å². The maximum Gasteiger partial charge on any atom is 0.249 e. The van der Waals surface area contributed by atoms with E-state index in [1.54, 1.807) is 25.5 Å². The molecule has 0 heterocycles. The Morgan fingerprint density at radius 3 is 2.48 bits per heavy atom. The maximum atomic E-state index is 11.9. The van der Waals surface area contributed by atoms with E-state index in [1.807, 2.05) is 37.3 Å². The second-order valence-corrected chi connectivity index (χ2v) is 6.49. The number of hydrogen-bond donors (Lipinski definition) is 2. The lowest BCUT2D eigenvalue weighted by Crippen LogP contribution is -2.24. The van der Waals surface area contributed by atoms with E-state index in [2.05, 4.69) is 29.7 Å². The van der Waals surface area contributed by atoms with Crippen LogP contribution in [0, 0.1) is 6.92 Å². The molecule has 27 heavy (non-hydrogen) atoms. The van der Waals surface area contributed by atoms with Crippen LogP contribution in [0.25, 0.3) is 0 Å². The number of methoxy groups -OCH3 is 1. The van der Waals surface area contributed by atoms with Crippen LogP contribution in [0.15, 0.2) is 47.6 Å². The van der Waals surface area contributed by atoms with Crippen molar-refractivity contribution < 1.29 is 14.3 Å². The third-order valence-corrected chi connectivity index (χ3v) is 4.01. The molecule has 142 valence electrons. The van der Waals surface area contributed by atoms with E-state index in [9.17, 15) is 9.59 Å². The average molecular weight is 367 g/mol. The number of aryl methyl sites for hydroxylation is 1. The molecule has 2 aromatic carbocycles. The van der Waals surface area contributed by atoms with Gasteiger partial charge in [0.15, 0.2) is 0 Å². The molecule has 0 aliphatic rings. The number of carbonyl (C=O) groups excluding carboxylic acids is 2. The normalized spacial score (nSPS) is 10.9. The first kappa shape index (κ1) is 20.2. The number of rotatable bonds is 7. The molecule has 6 heteroatoms. The van der Waals surface area contributed by atoms with Gasteiger partial charge < -0.3 is 10.1 Å². The summed E-state index contributed by atoms with van der Waals surface area (Å²) in [5.74, 6) is 0.261. The third-order valence-electron chi connectivity index (χ3n) is 4.01. The highest BCUT2D eigenvalue weighted by Crippen LogP contribution is 2.28. The van der Waals surface area contributed by atoms with Gasteiger partial charge in [-0.25, -0.2) is 5.43 Å². The van der Waals surface area contributed by atoms with Gasteiger partial charge in [-0.3, -0.25) is 9.59 Å². The molecule has 0 unspecified atom stereocenters. The number of benzene rings is 2. The lowest BCUT2D eigenvalue weighted by molar-refractivity contribution is -0.126. The Labute approximate surface area is 159 Å². The van der Waals surface area contributed by atoms with Gasteiger partial charge in [-0.1, -0.05) is 32.0 Å². The molecule has 0 bridgehead atoms. The number of hydrazone groups is 1. The summed E-state index contributed by atoms with van der Waals surface area (Å²) >= 11 is 0. The van der Waals surface area contributed by atoms with Crippen molar-refractivity contribution >= 4 is 23.7 Å². The zero-order valence-corrected chi connectivity index (χ0v) is 16.1. The Hall–Kier alpha value is -3.15. The molecular weight excluding hydrogens is 342 g/mol. The zero-order valence-electron chi connectivity index (χ0n) is 16.1. The van der Waals surface area contributed by atoms with Gasteiger partial charge in [0.25, 0.3) is 0 Å². The fourth-order valence-electron chi connectivity index (χ4n) is 2.57. The van der Waals surface area contributed by atoms with Crippen molar-refractivity contribution in [2.45, 2.75) is 33.1 Å². The second-order valence-electron chi connectivity index (χ2n) is 6.49. The summed E-state index contributed by atoms with van der Waals surface area (Å²) in [5, 5.41) is 6.63. The highest BCUT2D eigenvalue weighted by molar-refractivity contribution is 6.03. The van der Waals surface area contributed by atoms with Gasteiger partial charge in [-0.05, 0) is 53.8 Å². The summed E-state index contributed by atoms with van der Waals surface area (Å²) in [6.07, 6.45) is 1.28. The number of amides is 2. The molecular formula is C21H25N3O3. The average Bonchev–Trinajstić information content (AvgIpc) is 2.63. The third kappa shape index (κ3) is 5.95. The number of ether oxygens (including phenoxy) is 1. The van der Waals surface area contributed by atoms with Gasteiger partial charge in [-0.15, -0.1) is 0 Å². The molecule has 0 aliphatic heterocycles. The predicted molar refractivity (Wildman–Crippen MR) is 107 cm³/mol. The summed E-state index contributed by atoms with van der Waals surface area (Å²) in [5.41, 5.74) is 5.97. The summed E-state index contributed by atoms with van der Waals surface area (Å²) in [6.45, 7) is 6.12. The largest absolute Gasteiger partial charge is 0.496 e. The van der Waals surface area contributed by atoms with Crippen LogP contribution in [0.5, 0.6) is 5.75 Å². The lowest BCUT2D eigenvalue weighted by Gasteiger charge is -2.14. The number of hydrogen-bond acceptors (Lipinski definition) is 4. The van der Waals surface area contributed by atoms with Gasteiger partial charge >= 0.3 is 0 Å². The fourth-order valence-corrected chi connectivity index (χ4v) is 2.57. The highest BCUT2D eigenvalue weighted by Gasteiger charge is 2.11. The Balaban J connectivity index is 1.95. The van der Waals surface area contributed by atoms with Gasteiger partial charge in [0.1, 0.15) is 12.2 Å². The monoisotopic (exact) mass is 367 g/mol. The first-order valence-electron chi connectivity index (χ1n) is 8.76. The van der Waals surface area contributed by atoms with E-state index in [1.165, 1.54) is 0 Å². The molecule has 0 saturated heterocycles. The van der Waals surface area contributed by atoms with Crippen LogP contribution in [-0.2, 0) is 9.59 Å². The summed E-state index contributed by atoms with van der Waals surface area (Å²) in [4.78, 5) is 23.8. The van der Waals surface area contributed by atoms with Crippen LogP contribution in [0.2, 0.25) is 0 Å². The topological polar surface area (TPSA) is 79.8 Å². The molecule has 0 radical (unpaired) electrons. The number of para-hydroxylation sites is 1. The Bertz CT molecular complexity index is 830. The molecule has 2 rings (SSSR count). The van der Waals surface area contributed by atoms with Crippen molar-refractivity contribution in [3.8, 4) is 5.75 Å². The van der Waals surface area contributed by atoms with E-state index in [4.69, 9.17) is 4.74 Å². The molecule has 2 N–H and O–H groups in total. The standard InChI is InChI=1S/C21H25N3O3/c1-14(2)18-11-16(15(3)10-19(18)27-4)13-22-24-21(26)12-20(25)23-17-8-6-5-7-9-17/h5-11,13-14H,12H2,1-4H3,(H,23,25)(H,24,26). The molecule has 0 saturated carbocycles. The van der Waals surface area contributed by atoms with Crippen molar-refractivity contribution in [1.82, 2.24) is 5.43 Å². The summed E-state index contributed by atoms with van der Waals surface area (Å²) < 4.78 is 5.42. The fraction of sp³-hybridized carbons (Fsp3) is 0.286. The molecule has 2 aromatic rings. The second kappa shape index (κ2) is 9.52. The van der Waals surface area contributed by atoms with Crippen molar-refractivity contribution in [2.75, 3.05) is 12.4 Å². The summed E-state index contributed by atoms with van der Waals surface area (Å²) in [7, 11) is 1.65.